The van der Waals surface area contributed by atoms with E-state index in [0.29, 0.717) is 0 Å². The molecule has 106 valence electrons. The summed E-state index contributed by atoms with van der Waals surface area (Å²) in [5.41, 5.74) is 1.87. The first-order chi connectivity index (χ1) is 8.92. The molecule has 0 amide bonds. The van der Waals surface area contributed by atoms with Gasteiger partial charge < -0.3 is 30.5 Å². The van der Waals surface area contributed by atoms with Crippen LogP contribution >= 0.6 is 0 Å². The van der Waals surface area contributed by atoms with E-state index in [4.69, 9.17) is 4.74 Å². The van der Waals surface area contributed by atoms with Crippen LogP contribution in [0.1, 0.15) is 5.56 Å². The summed E-state index contributed by atoms with van der Waals surface area (Å²) in [5.74, 6) is -1.93. The predicted molar refractivity (Wildman–Crippen MR) is 68.6 cm³/mol. The Hall–Kier alpha value is -1.18. The average molecular weight is 269 g/mol. The average Bonchev–Trinajstić information content (AvgIpc) is 2.41. The van der Waals surface area contributed by atoms with Crippen LogP contribution in [-0.4, -0.2) is 57.7 Å². The second-order valence-electron chi connectivity index (χ2n) is 4.88. The second-order valence-corrected chi connectivity index (χ2v) is 4.88. The lowest BCUT2D eigenvalue weighted by Gasteiger charge is -2.41. The molecule has 1 unspecified atom stereocenters. The monoisotopic (exact) mass is 269 g/mol. The third kappa shape index (κ3) is 3.05. The van der Waals surface area contributed by atoms with Crippen molar-refractivity contribution in [2.24, 2.45) is 0 Å². The minimum Gasteiger partial charge on any atom is -0.388 e. The van der Waals surface area contributed by atoms with E-state index in [1.54, 1.807) is 0 Å². The molecule has 0 bridgehead atoms. The van der Waals surface area contributed by atoms with E-state index in [1.165, 1.54) is 0 Å². The van der Waals surface area contributed by atoms with Gasteiger partial charge in [-0.25, -0.2) is 0 Å². The number of hydrogen-bond acceptors (Lipinski definition) is 6. The zero-order valence-corrected chi connectivity index (χ0v) is 10.7. The number of rotatable bonds is 3. The number of nitrogens with one attached hydrogen (secondary N) is 1. The number of aliphatic hydroxyl groups is 4. The van der Waals surface area contributed by atoms with Gasteiger partial charge in [-0.2, -0.15) is 0 Å². The highest BCUT2D eigenvalue weighted by atomic mass is 16.6. The van der Waals surface area contributed by atoms with E-state index in [9.17, 15) is 20.4 Å². The highest BCUT2D eigenvalue weighted by Gasteiger charge is 2.48. The summed E-state index contributed by atoms with van der Waals surface area (Å²) in [6.07, 6.45) is -4.21. The highest BCUT2D eigenvalue weighted by Crippen LogP contribution is 2.24. The molecule has 6 nitrogen and oxygen atoms in total. The molecule has 1 fully saturated rings. The molecule has 1 aromatic rings. The summed E-state index contributed by atoms with van der Waals surface area (Å²) in [4.78, 5) is 0. The zero-order valence-electron chi connectivity index (χ0n) is 10.7. The molecule has 0 aromatic heterocycles. The molecule has 0 spiro atoms. The van der Waals surface area contributed by atoms with Crippen molar-refractivity contribution in [1.29, 1.82) is 0 Å². The lowest BCUT2D eigenvalue weighted by atomic mass is 9.97. The van der Waals surface area contributed by atoms with Crippen molar-refractivity contribution in [3.8, 4) is 0 Å². The Kier molecular flexibility index (Phi) is 4.07. The van der Waals surface area contributed by atoms with Crippen LogP contribution in [0.2, 0.25) is 0 Å². The molecule has 1 saturated heterocycles. The summed E-state index contributed by atoms with van der Waals surface area (Å²) < 4.78 is 5.04. The number of aryl methyl sites for hydroxylation is 1. The summed E-state index contributed by atoms with van der Waals surface area (Å²) >= 11 is 0. The Labute approximate surface area is 111 Å². The lowest BCUT2D eigenvalue weighted by Crippen LogP contribution is -2.63. The summed E-state index contributed by atoms with van der Waals surface area (Å²) in [6.45, 7) is 1.63. The number of anilines is 1. The van der Waals surface area contributed by atoms with Crippen molar-refractivity contribution >= 4 is 5.69 Å². The molecule has 6 heteroatoms. The van der Waals surface area contributed by atoms with Crippen molar-refractivity contribution in [3.05, 3.63) is 29.8 Å². The first kappa shape index (κ1) is 14.2. The standard InChI is InChI=1S/C13H19NO5/c1-8-2-4-9(5-3-8)14-7-13(18)12(17)11(16)10(15)6-19-13/h2-5,10-12,14-18H,6-7H2,1H3/t10-,11-,12?,13-/m1/s1. The zero-order chi connectivity index (χ0) is 14.0. The topological polar surface area (TPSA) is 102 Å². The Balaban J connectivity index is 1.99. The van der Waals surface area contributed by atoms with Gasteiger partial charge in [-0.15, -0.1) is 0 Å². The van der Waals surface area contributed by atoms with Crippen LogP contribution in [0.3, 0.4) is 0 Å². The fraction of sp³-hybridized carbons (Fsp3) is 0.538. The second kappa shape index (κ2) is 5.44. The van der Waals surface area contributed by atoms with E-state index < -0.39 is 24.1 Å². The molecule has 1 heterocycles. The smallest absolute Gasteiger partial charge is 0.212 e. The Morgan fingerprint density at radius 1 is 1.26 bits per heavy atom. The van der Waals surface area contributed by atoms with Crippen LogP contribution in [0.15, 0.2) is 24.3 Å². The van der Waals surface area contributed by atoms with Gasteiger partial charge in [-0.3, -0.25) is 0 Å². The van der Waals surface area contributed by atoms with E-state index in [2.05, 4.69) is 5.32 Å². The maximum absolute atomic E-state index is 10.1. The van der Waals surface area contributed by atoms with Crippen LogP contribution in [0.25, 0.3) is 0 Å². The highest BCUT2D eigenvalue weighted by molar-refractivity contribution is 5.44. The predicted octanol–water partition coefficient (Wildman–Crippen LogP) is -0.792. The molecule has 1 aliphatic rings. The minimum atomic E-state index is -1.93. The molecule has 1 aromatic carbocycles. The third-order valence-corrected chi connectivity index (χ3v) is 3.28. The first-order valence-corrected chi connectivity index (χ1v) is 6.13. The van der Waals surface area contributed by atoms with Gasteiger partial charge in [0.15, 0.2) is 0 Å². The van der Waals surface area contributed by atoms with Crippen LogP contribution in [0, 0.1) is 6.92 Å². The van der Waals surface area contributed by atoms with Crippen LogP contribution in [0.4, 0.5) is 5.69 Å². The van der Waals surface area contributed by atoms with Gasteiger partial charge in [-0.05, 0) is 19.1 Å². The molecule has 19 heavy (non-hydrogen) atoms. The number of benzene rings is 1. The van der Waals surface area contributed by atoms with Gasteiger partial charge in [0.05, 0.1) is 13.2 Å². The largest absolute Gasteiger partial charge is 0.388 e. The fourth-order valence-corrected chi connectivity index (χ4v) is 1.95. The Bertz CT molecular complexity index is 424. The van der Waals surface area contributed by atoms with Gasteiger partial charge in [0.2, 0.25) is 5.79 Å². The van der Waals surface area contributed by atoms with E-state index >= 15 is 0 Å². The Morgan fingerprint density at radius 3 is 2.53 bits per heavy atom. The lowest BCUT2D eigenvalue weighted by molar-refractivity contribution is -0.313. The molecule has 0 radical (unpaired) electrons. The van der Waals surface area contributed by atoms with Crippen LogP contribution < -0.4 is 5.32 Å². The minimum absolute atomic E-state index is 0.0962. The molecule has 2 rings (SSSR count). The maximum atomic E-state index is 10.1. The summed E-state index contributed by atoms with van der Waals surface area (Å²) in [5, 5.41) is 41.7. The van der Waals surface area contributed by atoms with Gasteiger partial charge in [0.1, 0.15) is 18.3 Å². The molecular weight excluding hydrogens is 250 g/mol. The van der Waals surface area contributed by atoms with Crippen LogP contribution in [-0.2, 0) is 4.74 Å². The van der Waals surface area contributed by atoms with Crippen LogP contribution in [0.5, 0.6) is 0 Å². The summed E-state index contributed by atoms with van der Waals surface area (Å²) in [6, 6.07) is 7.48. The molecule has 0 aliphatic carbocycles. The summed E-state index contributed by atoms with van der Waals surface area (Å²) in [7, 11) is 0. The number of aliphatic hydroxyl groups excluding tert-OH is 3. The fourth-order valence-electron chi connectivity index (χ4n) is 1.95. The normalized spacial score (nSPS) is 35.1. The maximum Gasteiger partial charge on any atom is 0.212 e. The molecule has 0 saturated carbocycles. The SMILES string of the molecule is Cc1ccc(NC[C@@]2(O)OC[C@@H](O)[C@@H](O)C2O)cc1. The van der Waals surface area contributed by atoms with E-state index in [1.807, 2.05) is 31.2 Å². The van der Waals surface area contributed by atoms with Gasteiger partial charge in [0.25, 0.3) is 0 Å². The van der Waals surface area contributed by atoms with Gasteiger partial charge >= 0.3 is 0 Å². The molecule has 4 atom stereocenters. The molecule has 1 aliphatic heterocycles. The van der Waals surface area contributed by atoms with Crippen molar-refractivity contribution in [1.82, 2.24) is 0 Å². The van der Waals surface area contributed by atoms with Gasteiger partial charge in [0, 0.05) is 5.69 Å². The van der Waals surface area contributed by atoms with Crippen molar-refractivity contribution in [3.63, 3.8) is 0 Å². The van der Waals surface area contributed by atoms with Crippen molar-refractivity contribution < 1.29 is 25.2 Å². The number of ether oxygens (including phenoxy) is 1. The first-order valence-electron chi connectivity index (χ1n) is 6.13. The van der Waals surface area contributed by atoms with Crippen molar-refractivity contribution in [2.45, 2.75) is 31.0 Å². The number of hydrogen-bond donors (Lipinski definition) is 5. The van der Waals surface area contributed by atoms with Gasteiger partial charge in [-0.1, -0.05) is 17.7 Å². The third-order valence-electron chi connectivity index (χ3n) is 3.28. The Morgan fingerprint density at radius 2 is 1.89 bits per heavy atom. The molecular formula is C13H19NO5. The van der Waals surface area contributed by atoms with Crippen molar-refractivity contribution in [2.75, 3.05) is 18.5 Å². The quantitative estimate of drug-likeness (QED) is 0.493. The van der Waals surface area contributed by atoms with E-state index in [-0.39, 0.29) is 13.2 Å². The van der Waals surface area contributed by atoms with E-state index in [0.717, 1.165) is 11.3 Å². The molecule has 5 N–H and O–H groups in total.